The van der Waals surface area contributed by atoms with E-state index >= 15 is 0 Å². The van der Waals surface area contributed by atoms with E-state index in [0.717, 1.165) is 6.42 Å². The van der Waals surface area contributed by atoms with Crippen LogP contribution in [0.2, 0.25) is 0 Å². The standard InChI is InChI=1S/C46H29N.C7H8.C2H6.CH3N/c1-2-10-29(11-3-1)26-30-20-25-43-37(27-30)36-15-5-7-19-42(36)47(43)33-23-24-35-34-14-4-6-16-38(34)46(41(35)28-33)39-17-8-12-31-21-22-32-13-9-18-40(46)45(32)44(31)39;1-7-5-3-2-4-6-7;2*1-2/h1-25,27-28H,26H2;2-6H,1H3;1-2H3;2H,1H2. The molecule has 12 rings (SSSR count). The van der Waals surface area contributed by atoms with Crippen LogP contribution in [-0.2, 0) is 11.8 Å². The summed E-state index contributed by atoms with van der Waals surface area (Å²) in [6.07, 6.45) is 0.924. The first-order valence-electron chi connectivity index (χ1n) is 20.3. The number of hydrogen-bond acceptors (Lipinski definition) is 1. The monoisotopic (exact) mass is 746 g/mol. The number of hydrogen-bond donors (Lipinski definition) is 1. The average Bonchev–Trinajstić information content (AvgIpc) is 3.90. The molecule has 0 bridgehead atoms. The average molecular weight is 747 g/mol. The minimum atomic E-state index is -0.369. The fraction of sp³-hybridized carbons (Fsp3) is 0.0893. The van der Waals surface area contributed by atoms with Crippen LogP contribution in [0, 0.1) is 12.3 Å². The number of rotatable bonds is 3. The number of fused-ring (bicyclic) bond motifs is 10. The third kappa shape index (κ3) is 5.59. The summed E-state index contributed by atoms with van der Waals surface area (Å²) in [5.41, 5.74) is 15.5. The molecule has 1 spiro atoms. The van der Waals surface area contributed by atoms with Crippen LogP contribution in [0.4, 0.5) is 0 Å². The molecule has 0 radical (unpaired) electrons. The predicted molar refractivity (Wildman–Crippen MR) is 248 cm³/mol. The second kappa shape index (κ2) is 15.1. The third-order valence-electron chi connectivity index (χ3n) is 11.9. The second-order valence-electron chi connectivity index (χ2n) is 14.9. The Kier molecular flexibility index (Phi) is 9.55. The fourth-order valence-corrected chi connectivity index (χ4v) is 9.69. The molecule has 1 N–H and O–H groups in total. The molecule has 280 valence electrons. The largest absolute Gasteiger partial charge is 0.317 e. The SMILES string of the molecule is C=N.CC.Cc1ccccc1.c1ccc(Cc2ccc3c(c2)c2ccccc2n3-c2ccc3c(c2)C2(c4ccccc4-3)c3cccc4ccc5cccc2c5c34)cc1. The minimum absolute atomic E-state index is 0.369. The van der Waals surface area contributed by atoms with E-state index in [1.54, 1.807) is 0 Å². The Bertz CT molecular complexity index is 3040. The van der Waals surface area contributed by atoms with Crippen LogP contribution in [0.3, 0.4) is 0 Å². The normalized spacial score (nSPS) is 12.4. The van der Waals surface area contributed by atoms with Crippen molar-refractivity contribution in [2.75, 3.05) is 0 Å². The van der Waals surface area contributed by atoms with Crippen molar-refractivity contribution >= 4 is 50.1 Å². The number of aryl methyl sites for hydroxylation is 1. The molecule has 10 aromatic rings. The van der Waals surface area contributed by atoms with E-state index in [2.05, 4.69) is 194 Å². The van der Waals surface area contributed by atoms with Crippen LogP contribution < -0.4 is 0 Å². The second-order valence-corrected chi connectivity index (χ2v) is 14.9. The van der Waals surface area contributed by atoms with Gasteiger partial charge in [0, 0.05) is 16.5 Å². The molecule has 58 heavy (non-hydrogen) atoms. The van der Waals surface area contributed by atoms with E-state index in [1.807, 2.05) is 32.0 Å². The molecule has 0 aliphatic heterocycles. The van der Waals surface area contributed by atoms with Crippen molar-refractivity contribution in [2.45, 2.75) is 32.6 Å². The highest BCUT2D eigenvalue weighted by Crippen LogP contribution is 2.62. The lowest BCUT2D eigenvalue weighted by molar-refractivity contribution is 0.796. The summed E-state index contributed by atoms with van der Waals surface area (Å²) in [4.78, 5) is 0. The Morgan fingerprint density at radius 2 is 1.02 bits per heavy atom. The van der Waals surface area contributed by atoms with Gasteiger partial charge in [-0.15, -0.1) is 0 Å². The van der Waals surface area contributed by atoms with Crippen molar-refractivity contribution < 1.29 is 0 Å². The van der Waals surface area contributed by atoms with Gasteiger partial charge in [-0.2, -0.15) is 0 Å². The number of para-hydroxylation sites is 1. The van der Waals surface area contributed by atoms with Gasteiger partial charge >= 0.3 is 0 Å². The molecule has 0 amide bonds. The summed E-state index contributed by atoms with van der Waals surface area (Å²) in [7, 11) is 0. The summed E-state index contributed by atoms with van der Waals surface area (Å²) < 4.78 is 2.48. The lowest BCUT2D eigenvalue weighted by Gasteiger charge is -2.31. The maximum absolute atomic E-state index is 5.50. The van der Waals surface area contributed by atoms with Gasteiger partial charge in [-0.25, -0.2) is 0 Å². The summed E-state index contributed by atoms with van der Waals surface area (Å²) >= 11 is 0. The lowest BCUT2D eigenvalue weighted by Crippen LogP contribution is -2.26. The smallest absolute Gasteiger partial charge is 0.0726 e. The van der Waals surface area contributed by atoms with E-state index in [9.17, 15) is 0 Å². The topological polar surface area (TPSA) is 28.8 Å². The molecule has 2 nitrogen and oxygen atoms in total. The number of aromatic nitrogens is 1. The molecule has 1 heterocycles. The van der Waals surface area contributed by atoms with Gasteiger partial charge in [0.2, 0.25) is 0 Å². The van der Waals surface area contributed by atoms with Crippen molar-refractivity contribution in [3.05, 3.63) is 233 Å². The van der Waals surface area contributed by atoms with Crippen LogP contribution in [-0.4, -0.2) is 11.3 Å². The van der Waals surface area contributed by atoms with Gasteiger partial charge in [0.05, 0.1) is 16.4 Å². The van der Waals surface area contributed by atoms with E-state index < -0.39 is 0 Å². The highest BCUT2D eigenvalue weighted by Gasteiger charge is 2.50. The van der Waals surface area contributed by atoms with Crippen LogP contribution in [0.15, 0.2) is 194 Å². The van der Waals surface area contributed by atoms with Gasteiger partial charge in [0.25, 0.3) is 0 Å². The molecule has 1 aromatic heterocycles. The molecule has 0 saturated carbocycles. The van der Waals surface area contributed by atoms with Crippen molar-refractivity contribution in [3.8, 4) is 16.8 Å². The zero-order valence-electron chi connectivity index (χ0n) is 33.3. The molecule has 0 atom stereocenters. The first kappa shape index (κ1) is 36.6. The van der Waals surface area contributed by atoms with Gasteiger partial charge in [0.15, 0.2) is 0 Å². The Balaban J connectivity index is 0.000000353. The maximum atomic E-state index is 5.50. The fourth-order valence-electron chi connectivity index (χ4n) is 9.69. The summed E-state index contributed by atoms with van der Waals surface area (Å²) in [5, 5.41) is 13.5. The highest BCUT2D eigenvalue weighted by molar-refractivity contribution is 6.17. The first-order chi connectivity index (χ1) is 28.7. The van der Waals surface area contributed by atoms with E-state index in [-0.39, 0.29) is 5.41 Å². The number of benzene rings is 9. The Morgan fingerprint density at radius 1 is 0.448 bits per heavy atom. The highest BCUT2D eigenvalue weighted by atomic mass is 15.0. The first-order valence-corrected chi connectivity index (χ1v) is 20.3. The maximum Gasteiger partial charge on any atom is 0.0726 e. The summed E-state index contributed by atoms with van der Waals surface area (Å²) in [6, 6.07) is 71.7. The van der Waals surface area contributed by atoms with Crippen LogP contribution in [0.25, 0.3) is 60.2 Å². The molecule has 2 aliphatic carbocycles. The Labute approximate surface area is 341 Å². The van der Waals surface area contributed by atoms with Gasteiger partial charge in [0.1, 0.15) is 0 Å². The molecular formula is C56H46N2. The van der Waals surface area contributed by atoms with Crippen molar-refractivity contribution in [2.24, 2.45) is 0 Å². The molecule has 2 heteroatoms. The Morgan fingerprint density at radius 3 is 1.69 bits per heavy atom. The van der Waals surface area contributed by atoms with Gasteiger partial charge < -0.3 is 9.98 Å². The van der Waals surface area contributed by atoms with Crippen LogP contribution in [0.1, 0.15) is 52.8 Å². The Hall–Kier alpha value is -7.03. The molecular weight excluding hydrogens is 701 g/mol. The summed E-state index contributed by atoms with van der Waals surface area (Å²) in [5.74, 6) is 0. The van der Waals surface area contributed by atoms with Crippen molar-refractivity contribution in [3.63, 3.8) is 0 Å². The zero-order valence-corrected chi connectivity index (χ0v) is 33.3. The van der Waals surface area contributed by atoms with E-state index in [0.29, 0.717) is 0 Å². The van der Waals surface area contributed by atoms with Crippen molar-refractivity contribution in [1.29, 1.82) is 5.41 Å². The van der Waals surface area contributed by atoms with Gasteiger partial charge in [-0.3, -0.25) is 0 Å². The lowest BCUT2D eigenvalue weighted by atomic mass is 9.70. The molecule has 0 saturated heterocycles. The summed E-state index contributed by atoms with van der Waals surface area (Å²) in [6.45, 7) is 8.58. The number of nitrogens with one attached hydrogen (secondary N) is 1. The molecule has 2 aliphatic rings. The van der Waals surface area contributed by atoms with Crippen molar-refractivity contribution in [1.82, 2.24) is 4.57 Å². The predicted octanol–water partition coefficient (Wildman–Crippen LogP) is 14.6. The molecule has 0 fully saturated rings. The molecule has 9 aromatic carbocycles. The quantitative estimate of drug-likeness (QED) is 0.138. The van der Waals surface area contributed by atoms with E-state index in [4.69, 9.17) is 5.41 Å². The third-order valence-corrected chi connectivity index (χ3v) is 11.9. The zero-order chi connectivity index (χ0) is 39.8. The molecule has 0 unspecified atom stereocenters. The van der Waals surface area contributed by atoms with Gasteiger partial charge in [-0.05, 0) is 116 Å². The van der Waals surface area contributed by atoms with Crippen LogP contribution in [0.5, 0.6) is 0 Å². The minimum Gasteiger partial charge on any atom is -0.317 e. The van der Waals surface area contributed by atoms with E-state index in [1.165, 1.54) is 99.1 Å². The van der Waals surface area contributed by atoms with Crippen LogP contribution >= 0.6 is 0 Å². The number of nitrogens with zero attached hydrogens (tertiary/aromatic N) is 1. The van der Waals surface area contributed by atoms with Gasteiger partial charge in [-0.1, -0.05) is 183 Å².